The number of ether oxygens (including phenoxy) is 1. The Morgan fingerprint density at radius 3 is 2.56 bits per heavy atom. The lowest BCUT2D eigenvalue weighted by Crippen LogP contribution is -2.76. The first-order chi connectivity index (χ1) is 8.54. The number of esters is 1. The highest BCUT2D eigenvalue weighted by atomic mass is 16.6. The lowest BCUT2D eigenvalue weighted by molar-refractivity contribution is -0.282. The molecule has 18 heavy (non-hydrogen) atoms. The van der Waals surface area contributed by atoms with E-state index >= 15 is 0 Å². The summed E-state index contributed by atoms with van der Waals surface area (Å²) in [7, 11) is 0. The fraction of sp³-hybridized carbons (Fsp3) is 0.846. The van der Waals surface area contributed by atoms with Crippen LogP contribution < -0.4 is 0 Å². The molecule has 0 aromatic heterocycles. The van der Waals surface area contributed by atoms with E-state index in [-0.39, 0.29) is 23.7 Å². The lowest BCUT2D eigenvalue weighted by Gasteiger charge is -2.60. The molecule has 0 amide bonds. The van der Waals surface area contributed by atoms with E-state index in [0.717, 1.165) is 6.42 Å². The van der Waals surface area contributed by atoms with Gasteiger partial charge in [0, 0.05) is 23.7 Å². The van der Waals surface area contributed by atoms with Crippen molar-refractivity contribution in [2.45, 2.75) is 17.6 Å². The first-order valence-corrected chi connectivity index (χ1v) is 6.73. The van der Waals surface area contributed by atoms with Gasteiger partial charge in [-0.25, -0.2) is 9.59 Å². The van der Waals surface area contributed by atoms with Crippen LogP contribution >= 0.6 is 0 Å². The Labute approximate surface area is 102 Å². The van der Waals surface area contributed by atoms with Gasteiger partial charge in [0.1, 0.15) is 0 Å². The topological polar surface area (TPSA) is 83.8 Å². The van der Waals surface area contributed by atoms with Gasteiger partial charge in [0.25, 0.3) is 0 Å². The molecule has 7 fully saturated rings. The van der Waals surface area contributed by atoms with Crippen molar-refractivity contribution in [3.8, 4) is 0 Å². The molecule has 5 saturated carbocycles. The molecule has 0 spiro atoms. The normalized spacial score (nSPS) is 75.1. The summed E-state index contributed by atoms with van der Waals surface area (Å²) < 4.78 is 5.33. The van der Waals surface area contributed by atoms with Crippen LogP contribution in [0, 0.1) is 47.3 Å². The minimum absolute atomic E-state index is 0.110. The molecule has 7 rings (SSSR count). The lowest BCUT2D eigenvalue weighted by atomic mass is 9.50. The number of carboxylic acid groups (broad SMARTS) is 1. The molecule has 7 aliphatic rings. The summed E-state index contributed by atoms with van der Waals surface area (Å²) in [5.74, 6) is -0.552. The van der Waals surface area contributed by atoms with E-state index in [1.54, 1.807) is 0 Å². The predicted molar refractivity (Wildman–Crippen MR) is 53.9 cm³/mol. The summed E-state index contributed by atoms with van der Waals surface area (Å²) in [5, 5.41) is 20.5. The highest BCUT2D eigenvalue weighted by Crippen LogP contribution is 2.89. The van der Waals surface area contributed by atoms with Crippen LogP contribution in [0.5, 0.6) is 0 Å². The summed E-state index contributed by atoms with van der Waals surface area (Å²) in [5.41, 5.74) is -2.63. The average molecular weight is 248 g/mol. The molecule has 5 nitrogen and oxygen atoms in total. The molecule has 94 valence electrons. The predicted octanol–water partition coefficient (Wildman–Crippen LogP) is -0.515. The average Bonchev–Trinajstić information content (AvgIpc) is 2.78. The monoisotopic (exact) mass is 248 g/mol. The largest absolute Gasteiger partial charge is 0.478 e. The summed E-state index contributed by atoms with van der Waals surface area (Å²) in [6, 6.07) is 0. The molecule has 2 aliphatic heterocycles. The standard InChI is InChI=1S/C13H12O5/c14-10(15)13-7-3-1-2-4-5(3)9(13)8(4)12(17,6(2)7)11(16)18-13/h2-9,17H,1H2,(H,14,15). The Morgan fingerprint density at radius 2 is 1.83 bits per heavy atom. The van der Waals surface area contributed by atoms with E-state index in [1.807, 2.05) is 0 Å². The zero-order valence-corrected chi connectivity index (χ0v) is 9.45. The number of hydrogen-bond acceptors (Lipinski definition) is 4. The Bertz CT molecular complexity index is 572. The molecule has 0 aromatic rings. The third-order valence-electron chi connectivity index (χ3n) is 7.43. The van der Waals surface area contributed by atoms with E-state index in [2.05, 4.69) is 0 Å². The second-order valence-corrected chi connectivity index (χ2v) is 7.13. The van der Waals surface area contributed by atoms with Gasteiger partial charge in [-0.2, -0.15) is 0 Å². The molecule has 5 aliphatic carbocycles. The number of fused-ring (bicyclic) bond motifs is 1. The SMILES string of the molecule is O=C1OC2(C(=O)O)C3C4CC5C6C4C2C6C1(O)C53. The molecule has 5 heteroatoms. The van der Waals surface area contributed by atoms with Gasteiger partial charge in [-0.3, -0.25) is 0 Å². The molecule has 10 atom stereocenters. The second kappa shape index (κ2) is 1.92. The van der Waals surface area contributed by atoms with Gasteiger partial charge in [0.2, 0.25) is 5.60 Å². The first kappa shape index (κ1) is 8.91. The molecule has 2 saturated heterocycles. The van der Waals surface area contributed by atoms with Gasteiger partial charge in [-0.05, 0) is 30.1 Å². The van der Waals surface area contributed by atoms with E-state index in [1.165, 1.54) is 0 Å². The maximum Gasteiger partial charge on any atom is 0.348 e. The van der Waals surface area contributed by atoms with Crippen molar-refractivity contribution in [2.24, 2.45) is 47.3 Å². The minimum Gasteiger partial charge on any atom is -0.478 e. The van der Waals surface area contributed by atoms with E-state index in [0.29, 0.717) is 23.7 Å². The summed E-state index contributed by atoms with van der Waals surface area (Å²) >= 11 is 0. The van der Waals surface area contributed by atoms with Crippen molar-refractivity contribution >= 4 is 11.9 Å². The number of aliphatic carboxylic acids is 1. The van der Waals surface area contributed by atoms with Crippen molar-refractivity contribution in [3.63, 3.8) is 0 Å². The van der Waals surface area contributed by atoms with Crippen LogP contribution in [0.15, 0.2) is 0 Å². The summed E-state index contributed by atoms with van der Waals surface area (Å²) in [4.78, 5) is 23.9. The zero-order valence-electron chi connectivity index (χ0n) is 9.45. The van der Waals surface area contributed by atoms with Crippen LogP contribution in [-0.2, 0) is 14.3 Å². The maximum atomic E-state index is 12.1. The Hall–Kier alpha value is -1.10. The Balaban J connectivity index is 1.74. The maximum absolute atomic E-state index is 12.1. The number of aliphatic hydroxyl groups is 1. The van der Waals surface area contributed by atoms with Crippen LogP contribution in [0.4, 0.5) is 0 Å². The van der Waals surface area contributed by atoms with Crippen LogP contribution in [0.2, 0.25) is 0 Å². The van der Waals surface area contributed by atoms with Crippen molar-refractivity contribution in [2.75, 3.05) is 0 Å². The summed E-state index contributed by atoms with van der Waals surface area (Å²) in [6.45, 7) is 0. The van der Waals surface area contributed by atoms with Gasteiger partial charge < -0.3 is 14.9 Å². The zero-order chi connectivity index (χ0) is 12.2. The first-order valence-electron chi connectivity index (χ1n) is 6.73. The third kappa shape index (κ3) is 0.451. The fourth-order valence-electron chi connectivity index (χ4n) is 7.57. The number of carbonyl (C=O) groups is 2. The molecule has 2 heterocycles. The fourth-order valence-corrected chi connectivity index (χ4v) is 7.57. The second-order valence-electron chi connectivity index (χ2n) is 7.13. The van der Waals surface area contributed by atoms with Crippen LogP contribution in [0.25, 0.3) is 0 Å². The molecular formula is C13H12O5. The molecular weight excluding hydrogens is 236 g/mol. The summed E-state index contributed by atoms with van der Waals surface area (Å²) in [6.07, 6.45) is 1.01. The number of carbonyl (C=O) groups excluding carboxylic acids is 1. The highest BCUT2D eigenvalue weighted by molar-refractivity contribution is 5.93. The number of rotatable bonds is 1. The van der Waals surface area contributed by atoms with Crippen molar-refractivity contribution < 1.29 is 24.5 Å². The van der Waals surface area contributed by atoms with E-state index in [9.17, 15) is 19.8 Å². The van der Waals surface area contributed by atoms with Crippen LogP contribution in [-0.4, -0.2) is 33.4 Å². The number of carboxylic acids is 1. The Morgan fingerprint density at radius 1 is 1.17 bits per heavy atom. The van der Waals surface area contributed by atoms with Crippen molar-refractivity contribution in [3.05, 3.63) is 0 Å². The van der Waals surface area contributed by atoms with E-state index < -0.39 is 23.1 Å². The van der Waals surface area contributed by atoms with Crippen molar-refractivity contribution in [1.82, 2.24) is 0 Å². The van der Waals surface area contributed by atoms with E-state index in [4.69, 9.17) is 4.74 Å². The van der Waals surface area contributed by atoms with Crippen molar-refractivity contribution in [1.29, 1.82) is 0 Å². The Kier molecular flexibility index (Phi) is 0.949. The molecule has 0 aromatic carbocycles. The quantitative estimate of drug-likeness (QED) is 0.610. The van der Waals surface area contributed by atoms with Gasteiger partial charge >= 0.3 is 11.9 Å². The minimum atomic E-state index is -1.34. The highest BCUT2D eigenvalue weighted by Gasteiger charge is 2.97. The molecule has 10 unspecified atom stereocenters. The number of hydrogen-bond donors (Lipinski definition) is 2. The van der Waals surface area contributed by atoms with Gasteiger partial charge in [0.15, 0.2) is 5.60 Å². The van der Waals surface area contributed by atoms with Gasteiger partial charge in [-0.15, -0.1) is 0 Å². The third-order valence-corrected chi connectivity index (χ3v) is 7.43. The smallest absolute Gasteiger partial charge is 0.348 e. The molecule has 4 bridgehead atoms. The van der Waals surface area contributed by atoms with Crippen LogP contribution in [0.3, 0.4) is 0 Å². The van der Waals surface area contributed by atoms with Gasteiger partial charge in [-0.1, -0.05) is 0 Å². The molecule has 0 radical (unpaired) electrons. The van der Waals surface area contributed by atoms with Crippen LogP contribution in [0.1, 0.15) is 6.42 Å². The van der Waals surface area contributed by atoms with Gasteiger partial charge in [0.05, 0.1) is 0 Å². The molecule has 2 N–H and O–H groups in total.